The van der Waals surface area contributed by atoms with Crippen LogP contribution in [0.1, 0.15) is 22.8 Å². The van der Waals surface area contributed by atoms with Crippen molar-refractivity contribution in [3.63, 3.8) is 0 Å². The topological polar surface area (TPSA) is 66.6 Å². The minimum Gasteiger partial charge on any atom is -0.394 e. The number of hydrogen-bond acceptors (Lipinski definition) is 3. The highest BCUT2D eigenvalue weighted by Gasteiger charge is 2.16. The minimum absolute atomic E-state index is 0.0342. The van der Waals surface area contributed by atoms with Gasteiger partial charge in [0.05, 0.1) is 12.6 Å². The number of aliphatic hydroxyl groups is 1. The van der Waals surface area contributed by atoms with E-state index in [4.69, 9.17) is 10.8 Å². The Hall–Kier alpha value is -1.39. The highest BCUT2D eigenvalue weighted by atomic mass is 16.3. The van der Waals surface area contributed by atoms with Crippen LogP contribution < -0.4 is 5.73 Å². The van der Waals surface area contributed by atoms with E-state index in [1.165, 1.54) is 4.90 Å². The maximum absolute atomic E-state index is 12.0. The molecule has 0 saturated heterocycles. The molecule has 0 saturated carbocycles. The van der Waals surface area contributed by atoms with Gasteiger partial charge in [-0.15, -0.1) is 0 Å². The van der Waals surface area contributed by atoms with E-state index >= 15 is 0 Å². The Labute approximate surface area is 102 Å². The molecule has 0 spiro atoms. The van der Waals surface area contributed by atoms with E-state index in [1.807, 2.05) is 12.1 Å². The van der Waals surface area contributed by atoms with Gasteiger partial charge in [0.15, 0.2) is 0 Å². The summed E-state index contributed by atoms with van der Waals surface area (Å²) in [5, 5.41) is 9.01. The van der Waals surface area contributed by atoms with Crippen molar-refractivity contribution >= 4 is 5.91 Å². The fraction of sp³-hybridized carbons (Fsp3) is 0.462. The van der Waals surface area contributed by atoms with Gasteiger partial charge in [-0.25, -0.2) is 0 Å². The molecule has 1 amide bonds. The number of hydrogen-bond donors (Lipinski definition) is 2. The number of benzene rings is 1. The lowest BCUT2D eigenvalue weighted by Gasteiger charge is -2.23. The average Bonchev–Trinajstić information content (AvgIpc) is 2.37. The third kappa shape index (κ3) is 3.54. The first kappa shape index (κ1) is 13.7. The Balaban J connectivity index is 2.75. The van der Waals surface area contributed by atoms with Crippen LogP contribution in [0.25, 0.3) is 0 Å². The summed E-state index contributed by atoms with van der Waals surface area (Å²) < 4.78 is 0. The molecule has 94 valence electrons. The maximum atomic E-state index is 12.0. The molecular formula is C13H20N2O2. The van der Waals surface area contributed by atoms with Crippen LogP contribution in [-0.2, 0) is 6.42 Å². The Bertz CT molecular complexity index is 362. The standard InChI is InChI=1S/C13H20N2O2/c1-10(9-16)15(2)13(17)12-5-3-11(4-6-12)7-8-14/h3-6,10,16H,7-9,14H2,1-2H3. The van der Waals surface area contributed by atoms with Gasteiger partial charge in [0.2, 0.25) is 0 Å². The summed E-state index contributed by atoms with van der Waals surface area (Å²) >= 11 is 0. The largest absolute Gasteiger partial charge is 0.394 e. The van der Waals surface area contributed by atoms with Crippen LogP contribution in [0.4, 0.5) is 0 Å². The maximum Gasteiger partial charge on any atom is 0.253 e. The van der Waals surface area contributed by atoms with E-state index in [1.54, 1.807) is 26.1 Å². The Morgan fingerprint density at radius 1 is 1.41 bits per heavy atom. The van der Waals surface area contributed by atoms with Gasteiger partial charge in [0.25, 0.3) is 5.91 Å². The quantitative estimate of drug-likeness (QED) is 0.788. The molecular weight excluding hydrogens is 216 g/mol. The first-order valence-corrected chi connectivity index (χ1v) is 5.77. The molecule has 0 aromatic heterocycles. The van der Waals surface area contributed by atoms with Crippen molar-refractivity contribution in [1.82, 2.24) is 4.90 Å². The fourth-order valence-electron chi connectivity index (χ4n) is 1.51. The van der Waals surface area contributed by atoms with Crippen molar-refractivity contribution in [1.29, 1.82) is 0 Å². The summed E-state index contributed by atoms with van der Waals surface area (Å²) in [6.07, 6.45) is 0.817. The summed E-state index contributed by atoms with van der Waals surface area (Å²) in [7, 11) is 1.69. The first-order valence-electron chi connectivity index (χ1n) is 5.77. The lowest BCUT2D eigenvalue weighted by Crippen LogP contribution is -2.37. The van der Waals surface area contributed by atoms with E-state index in [0.717, 1.165) is 12.0 Å². The predicted octanol–water partition coefficient (Wildman–Crippen LogP) is 0.641. The lowest BCUT2D eigenvalue weighted by atomic mass is 10.1. The molecule has 0 aliphatic rings. The van der Waals surface area contributed by atoms with Gasteiger partial charge in [0, 0.05) is 12.6 Å². The monoisotopic (exact) mass is 236 g/mol. The number of carbonyl (C=O) groups excluding carboxylic acids is 1. The predicted molar refractivity (Wildman–Crippen MR) is 67.8 cm³/mol. The van der Waals surface area contributed by atoms with Gasteiger partial charge < -0.3 is 15.7 Å². The Kier molecular flexibility index (Phi) is 5.12. The third-order valence-electron chi connectivity index (χ3n) is 2.88. The third-order valence-corrected chi connectivity index (χ3v) is 2.88. The second kappa shape index (κ2) is 6.37. The molecule has 1 aromatic carbocycles. The van der Waals surface area contributed by atoms with Crippen LogP contribution in [0.5, 0.6) is 0 Å². The van der Waals surface area contributed by atoms with Crippen LogP contribution in [0.2, 0.25) is 0 Å². The number of likely N-dealkylation sites (N-methyl/N-ethyl adjacent to an activating group) is 1. The molecule has 1 atom stereocenters. The SMILES string of the molecule is CC(CO)N(C)C(=O)c1ccc(CCN)cc1. The van der Waals surface area contributed by atoms with Crippen LogP contribution in [-0.4, -0.2) is 42.2 Å². The fourth-order valence-corrected chi connectivity index (χ4v) is 1.51. The second-order valence-electron chi connectivity index (χ2n) is 4.18. The molecule has 1 aromatic rings. The minimum atomic E-state index is -0.175. The number of nitrogens with zero attached hydrogens (tertiary/aromatic N) is 1. The molecule has 0 bridgehead atoms. The number of amides is 1. The van der Waals surface area contributed by atoms with E-state index in [0.29, 0.717) is 12.1 Å². The normalized spacial score (nSPS) is 12.2. The summed E-state index contributed by atoms with van der Waals surface area (Å²) in [5.41, 5.74) is 7.22. The number of nitrogens with two attached hydrogens (primary N) is 1. The first-order chi connectivity index (χ1) is 8.10. The van der Waals surface area contributed by atoms with Crippen LogP contribution in [0.15, 0.2) is 24.3 Å². The molecule has 0 fully saturated rings. The molecule has 1 unspecified atom stereocenters. The van der Waals surface area contributed by atoms with Gasteiger partial charge in [-0.05, 0) is 37.6 Å². The molecule has 4 nitrogen and oxygen atoms in total. The van der Waals surface area contributed by atoms with Crippen molar-refractivity contribution in [2.24, 2.45) is 5.73 Å². The molecule has 0 radical (unpaired) electrons. The summed E-state index contributed by atoms with van der Waals surface area (Å²) in [6.45, 7) is 2.38. The van der Waals surface area contributed by atoms with Gasteiger partial charge in [-0.1, -0.05) is 12.1 Å². The van der Waals surface area contributed by atoms with Gasteiger partial charge in [-0.2, -0.15) is 0 Å². The van der Waals surface area contributed by atoms with Gasteiger partial charge in [-0.3, -0.25) is 4.79 Å². The molecule has 0 heterocycles. The zero-order valence-corrected chi connectivity index (χ0v) is 10.4. The van der Waals surface area contributed by atoms with Gasteiger partial charge in [0.1, 0.15) is 0 Å². The number of aliphatic hydroxyl groups excluding tert-OH is 1. The molecule has 0 aliphatic carbocycles. The molecule has 3 N–H and O–H groups in total. The van der Waals surface area contributed by atoms with Crippen LogP contribution in [0.3, 0.4) is 0 Å². The van der Waals surface area contributed by atoms with E-state index < -0.39 is 0 Å². The number of carbonyl (C=O) groups is 1. The second-order valence-corrected chi connectivity index (χ2v) is 4.18. The smallest absolute Gasteiger partial charge is 0.253 e. The highest BCUT2D eigenvalue weighted by Crippen LogP contribution is 2.09. The van der Waals surface area contributed by atoms with E-state index in [9.17, 15) is 4.79 Å². The zero-order chi connectivity index (χ0) is 12.8. The molecule has 17 heavy (non-hydrogen) atoms. The highest BCUT2D eigenvalue weighted by molar-refractivity contribution is 5.94. The van der Waals surface area contributed by atoms with Crippen molar-refractivity contribution in [2.75, 3.05) is 20.2 Å². The molecule has 0 aliphatic heterocycles. The Morgan fingerprint density at radius 2 is 2.00 bits per heavy atom. The van der Waals surface area contributed by atoms with Crippen LogP contribution >= 0.6 is 0 Å². The summed E-state index contributed by atoms with van der Waals surface area (Å²) in [6, 6.07) is 7.25. The van der Waals surface area contributed by atoms with Crippen LogP contribution in [0, 0.1) is 0 Å². The van der Waals surface area contributed by atoms with Crippen molar-refractivity contribution in [2.45, 2.75) is 19.4 Å². The van der Waals surface area contributed by atoms with Gasteiger partial charge >= 0.3 is 0 Å². The molecule has 4 heteroatoms. The lowest BCUT2D eigenvalue weighted by molar-refractivity contribution is 0.0682. The number of rotatable bonds is 5. The van der Waals surface area contributed by atoms with Crippen molar-refractivity contribution < 1.29 is 9.90 Å². The zero-order valence-electron chi connectivity index (χ0n) is 10.4. The summed E-state index contributed by atoms with van der Waals surface area (Å²) in [5.74, 6) is -0.0779. The van der Waals surface area contributed by atoms with Crippen molar-refractivity contribution in [3.05, 3.63) is 35.4 Å². The molecule has 1 rings (SSSR count). The summed E-state index contributed by atoms with van der Waals surface area (Å²) in [4.78, 5) is 13.5. The average molecular weight is 236 g/mol. The van der Waals surface area contributed by atoms with E-state index in [2.05, 4.69) is 0 Å². The Morgan fingerprint density at radius 3 is 2.47 bits per heavy atom. The van der Waals surface area contributed by atoms with Crippen molar-refractivity contribution in [3.8, 4) is 0 Å². The van der Waals surface area contributed by atoms with E-state index in [-0.39, 0.29) is 18.6 Å².